The summed E-state index contributed by atoms with van der Waals surface area (Å²) < 4.78 is 37.5. The van der Waals surface area contributed by atoms with E-state index in [0.717, 1.165) is 6.92 Å². The number of alkyl halides is 3. The van der Waals surface area contributed by atoms with Gasteiger partial charge in [0.05, 0.1) is 6.10 Å². The molecule has 14 heavy (non-hydrogen) atoms. The van der Waals surface area contributed by atoms with E-state index in [1.54, 1.807) is 6.07 Å². The van der Waals surface area contributed by atoms with Gasteiger partial charge in [0.2, 0.25) is 0 Å². The first-order valence-corrected chi connectivity index (χ1v) is 4.22. The Morgan fingerprint density at radius 1 is 1.14 bits per heavy atom. The maximum Gasteiger partial charge on any atom is 0.398 e. The van der Waals surface area contributed by atoms with Crippen molar-refractivity contribution < 1.29 is 18.3 Å². The van der Waals surface area contributed by atoms with Gasteiger partial charge >= 0.3 is 6.18 Å². The van der Waals surface area contributed by atoms with Crippen LogP contribution in [-0.2, 0) is 0 Å². The van der Waals surface area contributed by atoms with Crippen molar-refractivity contribution in [2.24, 2.45) is 0 Å². The van der Waals surface area contributed by atoms with Crippen molar-refractivity contribution in [3.05, 3.63) is 35.9 Å². The standard InChI is InChI=1S/C10H11F3O/c1-7(14)9(10(11,12)13)8-5-3-2-4-6-8/h2-7,9,14H,1H3/t7-,9-/m0/s1. The first-order chi connectivity index (χ1) is 6.43. The van der Waals surface area contributed by atoms with E-state index in [1.165, 1.54) is 24.3 Å². The van der Waals surface area contributed by atoms with Crippen molar-refractivity contribution >= 4 is 0 Å². The molecule has 0 aliphatic carbocycles. The van der Waals surface area contributed by atoms with Gasteiger partial charge in [0, 0.05) is 0 Å². The van der Waals surface area contributed by atoms with Gasteiger partial charge in [-0.3, -0.25) is 0 Å². The van der Waals surface area contributed by atoms with Crippen molar-refractivity contribution in [2.45, 2.75) is 25.1 Å². The van der Waals surface area contributed by atoms with Crippen LogP contribution in [0.3, 0.4) is 0 Å². The van der Waals surface area contributed by atoms with Gasteiger partial charge in [0.25, 0.3) is 0 Å². The van der Waals surface area contributed by atoms with Crippen molar-refractivity contribution in [3.63, 3.8) is 0 Å². The molecule has 0 aliphatic heterocycles. The average Bonchev–Trinajstić information content (AvgIpc) is 2.02. The van der Waals surface area contributed by atoms with Gasteiger partial charge in [-0.1, -0.05) is 30.3 Å². The molecule has 1 nitrogen and oxygen atoms in total. The molecule has 0 heterocycles. The Hall–Kier alpha value is -1.03. The quantitative estimate of drug-likeness (QED) is 0.785. The smallest absolute Gasteiger partial charge is 0.392 e. The normalized spacial score (nSPS) is 16.4. The maximum absolute atomic E-state index is 12.5. The maximum atomic E-state index is 12.5. The van der Waals surface area contributed by atoms with Crippen LogP contribution in [0.15, 0.2) is 30.3 Å². The Balaban J connectivity index is 3.02. The highest BCUT2D eigenvalue weighted by Crippen LogP contribution is 2.37. The molecule has 0 saturated heterocycles. The molecule has 0 unspecified atom stereocenters. The van der Waals surface area contributed by atoms with Gasteiger partial charge in [-0.25, -0.2) is 0 Å². The van der Waals surface area contributed by atoms with E-state index in [0.29, 0.717) is 0 Å². The Morgan fingerprint density at radius 2 is 1.64 bits per heavy atom. The summed E-state index contributed by atoms with van der Waals surface area (Å²) in [5.41, 5.74) is 0.0926. The zero-order chi connectivity index (χ0) is 10.8. The Bertz CT molecular complexity index is 279. The molecule has 0 fully saturated rings. The minimum atomic E-state index is -4.41. The van der Waals surface area contributed by atoms with Crippen molar-refractivity contribution in [3.8, 4) is 0 Å². The molecule has 4 heteroatoms. The summed E-state index contributed by atoms with van der Waals surface area (Å²) in [5.74, 6) is -1.80. The Morgan fingerprint density at radius 3 is 2.00 bits per heavy atom. The summed E-state index contributed by atoms with van der Waals surface area (Å²) >= 11 is 0. The number of benzene rings is 1. The molecule has 0 amide bonds. The molecule has 1 rings (SSSR count). The van der Waals surface area contributed by atoms with Crippen LogP contribution in [0.5, 0.6) is 0 Å². The molecule has 1 N–H and O–H groups in total. The lowest BCUT2D eigenvalue weighted by molar-refractivity contribution is -0.169. The van der Waals surface area contributed by atoms with Crippen molar-refractivity contribution in [1.29, 1.82) is 0 Å². The molecule has 1 aromatic carbocycles. The summed E-state index contributed by atoms with van der Waals surface area (Å²) in [6.45, 7) is 1.14. The van der Waals surface area contributed by atoms with Crippen molar-refractivity contribution in [1.82, 2.24) is 0 Å². The van der Waals surface area contributed by atoms with Crippen LogP contribution in [0.4, 0.5) is 13.2 Å². The Kier molecular flexibility index (Phi) is 3.16. The third-order valence-electron chi connectivity index (χ3n) is 1.99. The minimum absolute atomic E-state index is 0.0926. The van der Waals surface area contributed by atoms with E-state index < -0.39 is 18.2 Å². The van der Waals surface area contributed by atoms with E-state index in [1.807, 2.05) is 0 Å². The third kappa shape index (κ3) is 2.48. The van der Waals surface area contributed by atoms with Crippen LogP contribution in [-0.4, -0.2) is 17.4 Å². The highest BCUT2D eigenvalue weighted by atomic mass is 19.4. The zero-order valence-electron chi connectivity index (χ0n) is 7.62. The van der Waals surface area contributed by atoms with Crippen LogP contribution in [0.2, 0.25) is 0 Å². The van der Waals surface area contributed by atoms with Crippen LogP contribution in [0, 0.1) is 0 Å². The lowest BCUT2D eigenvalue weighted by Crippen LogP contribution is -2.29. The number of hydrogen-bond acceptors (Lipinski definition) is 1. The largest absolute Gasteiger partial charge is 0.398 e. The molecule has 0 aliphatic rings. The molecular weight excluding hydrogens is 193 g/mol. The highest BCUT2D eigenvalue weighted by molar-refractivity contribution is 5.22. The minimum Gasteiger partial charge on any atom is -0.392 e. The molecule has 78 valence electrons. The fraction of sp³-hybridized carbons (Fsp3) is 0.400. The fourth-order valence-electron chi connectivity index (χ4n) is 1.40. The zero-order valence-corrected chi connectivity index (χ0v) is 7.62. The van der Waals surface area contributed by atoms with E-state index in [9.17, 15) is 13.2 Å². The molecule has 0 aromatic heterocycles. The lowest BCUT2D eigenvalue weighted by Gasteiger charge is -2.23. The van der Waals surface area contributed by atoms with Crippen LogP contribution in [0.1, 0.15) is 18.4 Å². The van der Waals surface area contributed by atoms with Gasteiger partial charge in [-0.15, -0.1) is 0 Å². The fourth-order valence-corrected chi connectivity index (χ4v) is 1.40. The number of aliphatic hydroxyl groups excluding tert-OH is 1. The second-order valence-electron chi connectivity index (χ2n) is 3.17. The van der Waals surface area contributed by atoms with E-state index in [2.05, 4.69) is 0 Å². The molecule has 0 spiro atoms. The van der Waals surface area contributed by atoms with Gasteiger partial charge in [0.1, 0.15) is 5.92 Å². The summed E-state index contributed by atoms with van der Waals surface area (Å²) in [4.78, 5) is 0. The number of rotatable bonds is 2. The third-order valence-corrected chi connectivity index (χ3v) is 1.99. The summed E-state index contributed by atoms with van der Waals surface area (Å²) in [6.07, 6.45) is -5.84. The molecule has 2 atom stereocenters. The van der Waals surface area contributed by atoms with E-state index in [-0.39, 0.29) is 5.56 Å². The first-order valence-electron chi connectivity index (χ1n) is 4.22. The van der Waals surface area contributed by atoms with Gasteiger partial charge in [-0.05, 0) is 12.5 Å². The number of aliphatic hydroxyl groups is 1. The van der Waals surface area contributed by atoms with Crippen molar-refractivity contribution in [2.75, 3.05) is 0 Å². The Labute approximate surface area is 80.2 Å². The van der Waals surface area contributed by atoms with Gasteiger partial charge < -0.3 is 5.11 Å². The first kappa shape index (κ1) is 11.0. The molecule has 0 radical (unpaired) electrons. The predicted octanol–water partition coefficient (Wildman–Crippen LogP) is 2.71. The van der Waals surface area contributed by atoms with E-state index >= 15 is 0 Å². The average molecular weight is 204 g/mol. The van der Waals surface area contributed by atoms with Gasteiger partial charge in [0.15, 0.2) is 0 Å². The van der Waals surface area contributed by atoms with Gasteiger partial charge in [-0.2, -0.15) is 13.2 Å². The topological polar surface area (TPSA) is 20.2 Å². The highest BCUT2D eigenvalue weighted by Gasteiger charge is 2.43. The van der Waals surface area contributed by atoms with Crippen LogP contribution in [0.25, 0.3) is 0 Å². The summed E-state index contributed by atoms with van der Waals surface area (Å²) in [6, 6.07) is 7.42. The molecule has 0 bridgehead atoms. The lowest BCUT2D eigenvalue weighted by atomic mass is 9.94. The summed E-state index contributed by atoms with van der Waals surface area (Å²) in [7, 11) is 0. The van der Waals surface area contributed by atoms with Crippen LogP contribution >= 0.6 is 0 Å². The number of halogens is 3. The monoisotopic (exact) mass is 204 g/mol. The SMILES string of the molecule is C[C@H](O)[C@@H](c1ccccc1)C(F)(F)F. The summed E-state index contributed by atoms with van der Waals surface area (Å²) in [5, 5.41) is 9.08. The molecule has 0 saturated carbocycles. The molecule has 1 aromatic rings. The van der Waals surface area contributed by atoms with Crippen LogP contribution < -0.4 is 0 Å². The second-order valence-corrected chi connectivity index (χ2v) is 3.17. The predicted molar refractivity (Wildman–Crippen MR) is 46.9 cm³/mol. The number of hydrogen-bond donors (Lipinski definition) is 1. The second kappa shape index (κ2) is 4.00. The molecular formula is C10H11F3O. The van der Waals surface area contributed by atoms with E-state index in [4.69, 9.17) is 5.11 Å².